The Morgan fingerprint density at radius 2 is 1.77 bits per heavy atom. The first kappa shape index (κ1) is 16.8. The highest BCUT2D eigenvalue weighted by Gasteiger charge is 2.42. The molecule has 4 rings (SSSR count). The van der Waals surface area contributed by atoms with Gasteiger partial charge in [0, 0.05) is 29.8 Å². The van der Waals surface area contributed by atoms with E-state index in [1.807, 2.05) is 24.4 Å². The average molecular weight is 363 g/mol. The van der Waals surface area contributed by atoms with Crippen LogP contribution in [0.15, 0.2) is 73.1 Å². The van der Waals surface area contributed by atoms with Crippen molar-refractivity contribution in [2.24, 2.45) is 0 Å². The molecule has 2 atom stereocenters. The first-order valence-electron chi connectivity index (χ1n) is 8.89. The second kappa shape index (κ2) is 6.92. The van der Waals surface area contributed by atoms with E-state index in [9.17, 15) is 0 Å². The van der Waals surface area contributed by atoms with Gasteiger partial charge in [0.25, 0.3) is 0 Å². The number of aromatic nitrogens is 2. The SMILES string of the molecule is CC(C)N1C(=S)N[C@@H](c2ccccn2)[C@H]1c1cccn1-c1ccccc1. The summed E-state index contributed by atoms with van der Waals surface area (Å²) in [7, 11) is 0. The lowest BCUT2D eigenvalue weighted by Gasteiger charge is -2.31. The third kappa shape index (κ3) is 2.88. The molecule has 3 heterocycles. The molecule has 0 spiro atoms. The molecular formula is C21H22N4S. The molecule has 5 heteroatoms. The second-order valence-corrected chi connectivity index (χ2v) is 7.15. The Balaban J connectivity index is 1.83. The zero-order valence-corrected chi connectivity index (χ0v) is 15.7. The van der Waals surface area contributed by atoms with E-state index in [1.165, 1.54) is 5.69 Å². The van der Waals surface area contributed by atoms with Crippen molar-refractivity contribution in [3.05, 3.63) is 84.4 Å². The number of nitrogens with one attached hydrogen (secondary N) is 1. The van der Waals surface area contributed by atoms with Crippen molar-refractivity contribution in [3.8, 4) is 5.69 Å². The van der Waals surface area contributed by atoms with Gasteiger partial charge in [-0.1, -0.05) is 24.3 Å². The summed E-state index contributed by atoms with van der Waals surface area (Å²) in [5.41, 5.74) is 3.35. The third-order valence-electron chi connectivity index (χ3n) is 4.81. The fourth-order valence-electron chi connectivity index (χ4n) is 3.70. The maximum absolute atomic E-state index is 5.68. The van der Waals surface area contributed by atoms with E-state index in [0.717, 1.165) is 16.5 Å². The lowest BCUT2D eigenvalue weighted by molar-refractivity contribution is 0.262. The normalized spacial score (nSPS) is 19.8. The monoisotopic (exact) mass is 362 g/mol. The van der Waals surface area contributed by atoms with Crippen LogP contribution in [0.3, 0.4) is 0 Å². The summed E-state index contributed by atoms with van der Waals surface area (Å²) >= 11 is 5.68. The molecule has 0 amide bonds. The predicted molar refractivity (Wildman–Crippen MR) is 108 cm³/mol. The van der Waals surface area contributed by atoms with Crippen LogP contribution < -0.4 is 5.32 Å². The third-order valence-corrected chi connectivity index (χ3v) is 5.14. The van der Waals surface area contributed by atoms with Crippen LogP contribution in [-0.4, -0.2) is 25.6 Å². The number of hydrogen-bond acceptors (Lipinski definition) is 2. The Labute approximate surface area is 159 Å². The molecule has 1 fully saturated rings. The van der Waals surface area contributed by atoms with Crippen LogP contribution in [0.1, 0.15) is 37.3 Å². The zero-order chi connectivity index (χ0) is 18.1. The number of para-hydroxylation sites is 1. The van der Waals surface area contributed by atoms with E-state index in [4.69, 9.17) is 12.2 Å². The number of pyridine rings is 1. The molecule has 132 valence electrons. The maximum atomic E-state index is 5.68. The topological polar surface area (TPSA) is 33.1 Å². The minimum absolute atomic E-state index is 0.0171. The van der Waals surface area contributed by atoms with Crippen LogP contribution in [0.4, 0.5) is 0 Å². The average Bonchev–Trinajstić information content (AvgIpc) is 3.27. The molecule has 4 nitrogen and oxygen atoms in total. The van der Waals surface area contributed by atoms with Crippen molar-refractivity contribution < 1.29 is 0 Å². The van der Waals surface area contributed by atoms with E-state index >= 15 is 0 Å². The predicted octanol–water partition coefficient (Wildman–Crippen LogP) is 4.25. The molecule has 1 aromatic carbocycles. The molecule has 0 aliphatic carbocycles. The fraction of sp³-hybridized carbons (Fsp3) is 0.238. The minimum Gasteiger partial charge on any atom is -0.352 e. The van der Waals surface area contributed by atoms with Crippen LogP contribution >= 0.6 is 12.2 Å². The molecular weight excluding hydrogens is 340 g/mol. The van der Waals surface area contributed by atoms with Crippen molar-refractivity contribution in [2.45, 2.75) is 32.0 Å². The Kier molecular flexibility index (Phi) is 4.47. The summed E-state index contributed by atoms with van der Waals surface area (Å²) in [6.07, 6.45) is 3.95. The van der Waals surface area contributed by atoms with Crippen molar-refractivity contribution in [2.75, 3.05) is 0 Å². The number of benzene rings is 1. The molecule has 1 aliphatic rings. The maximum Gasteiger partial charge on any atom is 0.170 e. The van der Waals surface area contributed by atoms with Gasteiger partial charge in [0.15, 0.2) is 5.11 Å². The Morgan fingerprint density at radius 3 is 2.46 bits per heavy atom. The van der Waals surface area contributed by atoms with Gasteiger partial charge in [0.1, 0.15) is 0 Å². The summed E-state index contributed by atoms with van der Waals surface area (Å²) in [5, 5.41) is 4.28. The molecule has 3 aromatic rings. The van der Waals surface area contributed by atoms with Gasteiger partial charge in [0.05, 0.1) is 17.8 Å². The van der Waals surface area contributed by atoms with Gasteiger partial charge in [0.2, 0.25) is 0 Å². The minimum atomic E-state index is 0.0171. The number of rotatable bonds is 4. The number of nitrogens with zero attached hydrogens (tertiary/aromatic N) is 3. The zero-order valence-electron chi connectivity index (χ0n) is 14.9. The van der Waals surface area contributed by atoms with Crippen LogP contribution in [0.2, 0.25) is 0 Å². The van der Waals surface area contributed by atoms with Gasteiger partial charge >= 0.3 is 0 Å². The van der Waals surface area contributed by atoms with Gasteiger partial charge in [-0.2, -0.15) is 0 Å². The van der Waals surface area contributed by atoms with Crippen LogP contribution in [0.25, 0.3) is 5.69 Å². The van der Waals surface area contributed by atoms with E-state index in [2.05, 4.69) is 82.3 Å². The van der Waals surface area contributed by atoms with Crippen molar-refractivity contribution in [1.82, 2.24) is 19.8 Å². The lowest BCUT2D eigenvalue weighted by Crippen LogP contribution is -2.36. The summed E-state index contributed by atoms with van der Waals surface area (Å²) in [6.45, 7) is 4.36. The van der Waals surface area contributed by atoms with E-state index in [0.29, 0.717) is 0 Å². The highest BCUT2D eigenvalue weighted by Crippen LogP contribution is 2.40. The number of thiocarbonyl (C=S) groups is 1. The van der Waals surface area contributed by atoms with Crippen LogP contribution in [-0.2, 0) is 0 Å². The molecule has 1 N–H and O–H groups in total. The summed E-state index contributed by atoms with van der Waals surface area (Å²) in [4.78, 5) is 6.87. The van der Waals surface area contributed by atoms with Gasteiger partial charge in [-0.05, 0) is 62.5 Å². The Hall–Kier alpha value is -2.66. The molecule has 26 heavy (non-hydrogen) atoms. The molecule has 1 saturated heterocycles. The highest BCUT2D eigenvalue weighted by molar-refractivity contribution is 7.80. The van der Waals surface area contributed by atoms with E-state index < -0.39 is 0 Å². The second-order valence-electron chi connectivity index (χ2n) is 6.77. The summed E-state index contributed by atoms with van der Waals surface area (Å²) in [5.74, 6) is 0. The summed E-state index contributed by atoms with van der Waals surface area (Å²) in [6, 6.07) is 21.1. The van der Waals surface area contributed by atoms with E-state index in [1.54, 1.807) is 0 Å². The van der Waals surface area contributed by atoms with Gasteiger partial charge in [-0.25, -0.2) is 0 Å². The fourth-order valence-corrected chi connectivity index (χ4v) is 4.15. The first-order chi connectivity index (χ1) is 12.7. The molecule has 0 unspecified atom stereocenters. The Morgan fingerprint density at radius 1 is 1.00 bits per heavy atom. The first-order valence-corrected chi connectivity index (χ1v) is 9.30. The lowest BCUT2D eigenvalue weighted by atomic mass is 10.0. The van der Waals surface area contributed by atoms with Crippen LogP contribution in [0, 0.1) is 0 Å². The van der Waals surface area contributed by atoms with Crippen LogP contribution in [0.5, 0.6) is 0 Å². The quantitative estimate of drug-likeness (QED) is 0.703. The molecule has 0 saturated carbocycles. The van der Waals surface area contributed by atoms with E-state index in [-0.39, 0.29) is 18.1 Å². The standard InChI is InChI=1S/C21H22N4S/c1-15(2)25-20(19(23-21(25)26)17-11-6-7-13-22-17)18-12-8-14-24(18)16-9-4-3-5-10-16/h3-15,19-20H,1-2H3,(H,23,26)/t19-,20+/m0/s1. The largest absolute Gasteiger partial charge is 0.352 e. The summed E-state index contributed by atoms with van der Waals surface area (Å²) < 4.78 is 2.24. The van der Waals surface area contributed by atoms with Gasteiger partial charge in [-0.3, -0.25) is 4.98 Å². The smallest absolute Gasteiger partial charge is 0.170 e. The highest BCUT2D eigenvalue weighted by atomic mass is 32.1. The van der Waals surface area contributed by atoms with Crippen molar-refractivity contribution in [3.63, 3.8) is 0 Å². The van der Waals surface area contributed by atoms with Gasteiger partial charge in [-0.15, -0.1) is 0 Å². The molecule has 0 bridgehead atoms. The Bertz CT molecular complexity index is 889. The van der Waals surface area contributed by atoms with Gasteiger partial charge < -0.3 is 14.8 Å². The van der Waals surface area contributed by atoms with Crippen molar-refractivity contribution in [1.29, 1.82) is 0 Å². The molecule has 2 aromatic heterocycles. The molecule has 0 radical (unpaired) electrons. The van der Waals surface area contributed by atoms with Crippen molar-refractivity contribution >= 4 is 17.3 Å². The number of hydrogen-bond donors (Lipinski definition) is 1. The molecule has 1 aliphatic heterocycles.